The first kappa shape index (κ1) is 15.0. The zero-order valence-corrected chi connectivity index (χ0v) is 12.5. The van der Waals surface area contributed by atoms with Gasteiger partial charge in [-0.25, -0.2) is 0 Å². The van der Waals surface area contributed by atoms with Gasteiger partial charge in [0.2, 0.25) is 0 Å². The Labute approximate surface area is 121 Å². The lowest BCUT2D eigenvalue weighted by Gasteiger charge is -2.33. The van der Waals surface area contributed by atoms with Gasteiger partial charge in [0.15, 0.2) is 0 Å². The molecular weight excluding hydrogens is 250 g/mol. The Balaban J connectivity index is 2.10. The van der Waals surface area contributed by atoms with Crippen molar-refractivity contribution in [1.82, 2.24) is 0 Å². The van der Waals surface area contributed by atoms with E-state index in [9.17, 15) is 0 Å². The zero-order chi connectivity index (χ0) is 14.6. The maximum absolute atomic E-state index is 9.00. The Bertz CT molecular complexity index is 468. The van der Waals surface area contributed by atoms with Gasteiger partial charge >= 0.3 is 0 Å². The predicted molar refractivity (Wildman–Crippen MR) is 78.0 cm³/mol. The molecule has 0 aromatic heterocycles. The number of nitrogens with zero attached hydrogens (tertiary/aromatic N) is 1. The van der Waals surface area contributed by atoms with Gasteiger partial charge in [0.1, 0.15) is 0 Å². The summed E-state index contributed by atoms with van der Waals surface area (Å²) in [5, 5.41) is 9.00. The van der Waals surface area contributed by atoms with E-state index in [-0.39, 0.29) is 18.1 Å². The summed E-state index contributed by atoms with van der Waals surface area (Å²) in [6.07, 6.45) is 1.37. The molecule has 2 rings (SSSR count). The van der Waals surface area contributed by atoms with Crippen molar-refractivity contribution < 1.29 is 9.47 Å². The molecular formula is C17H23NO2. The summed E-state index contributed by atoms with van der Waals surface area (Å²) >= 11 is 0. The van der Waals surface area contributed by atoms with E-state index >= 15 is 0 Å². The molecule has 0 saturated carbocycles. The van der Waals surface area contributed by atoms with Crippen molar-refractivity contribution in [2.24, 2.45) is 5.92 Å². The molecule has 1 unspecified atom stereocenters. The first-order valence-electron chi connectivity index (χ1n) is 7.32. The van der Waals surface area contributed by atoms with Gasteiger partial charge in [-0.3, -0.25) is 0 Å². The minimum absolute atomic E-state index is 0.142. The van der Waals surface area contributed by atoms with Crippen molar-refractivity contribution in [1.29, 1.82) is 5.26 Å². The van der Waals surface area contributed by atoms with Gasteiger partial charge < -0.3 is 9.47 Å². The van der Waals surface area contributed by atoms with Crippen LogP contribution in [0.1, 0.15) is 39.2 Å². The molecule has 0 N–H and O–H groups in total. The molecule has 1 aliphatic heterocycles. The lowest BCUT2D eigenvalue weighted by molar-refractivity contribution is -0.101. The summed E-state index contributed by atoms with van der Waals surface area (Å²) in [6, 6.07) is 12.4. The third kappa shape index (κ3) is 2.87. The van der Waals surface area contributed by atoms with Crippen molar-refractivity contribution in [3.63, 3.8) is 0 Å². The SMILES string of the molecule is CC[C@H]1OC(CC#N)[C@](C)(OCc2ccccc2)[C@@H]1C. The Morgan fingerprint density at radius 1 is 1.35 bits per heavy atom. The number of hydrogen-bond donors (Lipinski definition) is 0. The summed E-state index contributed by atoms with van der Waals surface area (Å²) in [5.41, 5.74) is 0.753. The van der Waals surface area contributed by atoms with Gasteiger partial charge in [0.05, 0.1) is 36.9 Å². The Hall–Kier alpha value is -1.37. The fraction of sp³-hybridized carbons (Fsp3) is 0.588. The van der Waals surface area contributed by atoms with Crippen molar-refractivity contribution in [3.8, 4) is 6.07 Å². The molecule has 0 radical (unpaired) electrons. The van der Waals surface area contributed by atoms with Crippen molar-refractivity contribution in [2.75, 3.05) is 0 Å². The minimum Gasteiger partial charge on any atom is -0.371 e. The van der Waals surface area contributed by atoms with E-state index in [1.165, 1.54) is 0 Å². The third-order valence-electron chi connectivity index (χ3n) is 4.51. The molecule has 0 aliphatic carbocycles. The van der Waals surface area contributed by atoms with Crippen LogP contribution in [0.5, 0.6) is 0 Å². The molecule has 1 aromatic rings. The number of nitriles is 1. The van der Waals surface area contributed by atoms with Crippen LogP contribution >= 0.6 is 0 Å². The fourth-order valence-electron chi connectivity index (χ4n) is 2.95. The molecule has 3 nitrogen and oxygen atoms in total. The average Bonchev–Trinajstić information content (AvgIpc) is 2.72. The molecule has 0 amide bonds. The van der Waals surface area contributed by atoms with Crippen molar-refractivity contribution in [2.45, 2.75) is 58.0 Å². The maximum atomic E-state index is 9.00. The van der Waals surface area contributed by atoms with Gasteiger partial charge in [-0.05, 0) is 18.9 Å². The highest BCUT2D eigenvalue weighted by Crippen LogP contribution is 2.42. The molecule has 1 saturated heterocycles. The van der Waals surface area contributed by atoms with Crippen LogP contribution in [0.15, 0.2) is 30.3 Å². The van der Waals surface area contributed by atoms with E-state index in [2.05, 4.69) is 39.0 Å². The highest BCUT2D eigenvalue weighted by molar-refractivity contribution is 5.14. The van der Waals surface area contributed by atoms with E-state index in [0.717, 1.165) is 12.0 Å². The molecule has 1 heterocycles. The average molecular weight is 273 g/mol. The normalized spacial score (nSPS) is 33.0. The fourth-order valence-corrected chi connectivity index (χ4v) is 2.95. The van der Waals surface area contributed by atoms with Crippen LogP contribution in [-0.4, -0.2) is 17.8 Å². The lowest BCUT2D eigenvalue weighted by Crippen LogP contribution is -2.43. The molecule has 1 aliphatic rings. The Morgan fingerprint density at radius 2 is 2.05 bits per heavy atom. The number of benzene rings is 1. The number of hydrogen-bond acceptors (Lipinski definition) is 3. The van der Waals surface area contributed by atoms with Crippen LogP contribution in [0.25, 0.3) is 0 Å². The maximum Gasteiger partial charge on any atom is 0.0999 e. The van der Waals surface area contributed by atoms with Crippen LogP contribution < -0.4 is 0 Å². The molecule has 1 aromatic carbocycles. The summed E-state index contributed by atoms with van der Waals surface area (Å²) in [5.74, 6) is 0.287. The van der Waals surface area contributed by atoms with Crippen molar-refractivity contribution >= 4 is 0 Å². The second-order valence-electron chi connectivity index (χ2n) is 5.68. The smallest absolute Gasteiger partial charge is 0.0999 e. The molecule has 1 fully saturated rings. The molecule has 3 heteroatoms. The Morgan fingerprint density at radius 3 is 2.65 bits per heavy atom. The van der Waals surface area contributed by atoms with E-state index < -0.39 is 5.60 Å². The molecule has 0 spiro atoms. The van der Waals surface area contributed by atoms with Gasteiger partial charge in [-0.1, -0.05) is 44.2 Å². The third-order valence-corrected chi connectivity index (χ3v) is 4.51. The summed E-state index contributed by atoms with van der Waals surface area (Å²) in [4.78, 5) is 0. The van der Waals surface area contributed by atoms with Gasteiger partial charge in [-0.15, -0.1) is 0 Å². The molecule has 4 atom stereocenters. The quantitative estimate of drug-likeness (QED) is 0.821. The first-order valence-corrected chi connectivity index (χ1v) is 7.32. The highest BCUT2D eigenvalue weighted by atomic mass is 16.6. The highest BCUT2D eigenvalue weighted by Gasteiger charge is 2.51. The van der Waals surface area contributed by atoms with E-state index in [0.29, 0.717) is 13.0 Å². The van der Waals surface area contributed by atoms with E-state index in [1.807, 2.05) is 18.2 Å². The topological polar surface area (TPSA) is 42.2 Å². The monoisotopic (exact) mass is 273 g/mol. The number of rotatable bonds is 5. The van der Waals surface area contributed by atoms with Gasteiger partial charge in [0.25, 0.3) is 0 Å². The molecule has 20 heavy (non-hydrogen) atoms. The minimum atomic E-state index is -0.397. The second kappa shape index (κ2) is 6.39. The van der Waals surface area contributed by atoms with Crippen LogP contribution in [0.3, 0.4) is 0 Å². The second-order valence-corrected chi connectivity index (χ2v) is 5.68. The summed E-state index contributed by atoms with van der Waals surface area (Å²) < 4.78 is 12.2. The van der Waals surface area contributed by atoms with Crippen LogP contribution in [0.2, 0.25) is 0 Å². The van der Waals surface area contributed by atoms with Crippen molar-refractivity contribution in [3.05, 3.63) is 35.9 Å². The molecule has 108 valence electrons. The van der Waals surface area contributed by atoms with Crippen LogP contribution in [0.4, 0.5) is 0 Å². The van der Waals surface area contributed by atoms with Gasteiger partial charge in [-0.2, -0.15) is 5.26 Å². The lowest BCUT2D eigenvalue weighted by atomic mass is 9.83. The Kier molecular flexibility index (Phi) is 4.80. The standard InChI is InChI=1S/C17H23NO2/c1-4-15-13(2)17(3,16(20-15)10-11-18)19-12-14-8-6-5-7-9-14/h5-9,13,15-16H,4,10,12H2,1-3H3/t13-,15-,16?,17-/m1/s1. The van der Waals surface area contributed by atoms with E-state index in [1.54, 1.807) is 0 Å². The predicted octanol–water partition coefficient (Wildman–Crippen LogP) is 3.69. The largest absolute Gasteiger partial charge is 0.371 e. The zero-order valence-electron chi connectivity index (χ0n) is 12.5. The summed E-state index contributed by atoms with van der Waals surface area (Å²) in [6.45, 7) is 6.92. The van der Waals surface area contributed by atoms with Gasteiger partial charge in [0, 0.05) is 5.92 Å². The summed E-state index contributed by atoms with van der Waals surface area (Å²) in [7, 11) is 0. The van der Waals surface area contributed by atoms with Crippen LogP contribution in [-0.2, 0) is 16.1 Å². The first-order chi connectivity index (χ1) is 9.61. The molecule has 0 bridgehead atoms. The van der Waals surface area contributed by atoms with E-state index in [4.69, 9.17) is 14.7 Å². The number of ether oxygens (including phenoxy) is 2. The van der Waals surface area contributed by atoms with Crippen LogP contribution in [0, 0.1) is 17.2 Å².